The Hall–Kier alpha value is -2.69. The maximum absolute atomic E-state index is 13.9. The fourth-order valence-corrected chi connectivity index (χ4v) is 2.20. The van der Waals surface area contributed by atoms with Gasteiger partial charge in [0.15, 0.2) is 5.78 Å². The smallest absolute Gasteiger partial charge is 0.197 e. The van der Waals surface area contributed by atoms with E-state index in [1.54, 1.807) is 12.1 Å². The van der Waals surface area contributed by atoms with Crippen molar-refractivity contribution in [2.45, 2.75) is 0 Å². The van der Waals surface area contributed by atoms with Gasteiger partial charge in [-0.1, -0.05) is 6.07 Å². The number of hydrogen-bond donors (Lipinski definition) is 2. The van der Waals surface area contributed by atoms with Crippen LogP contribution in [0, 0.1) is 11.6 Å². The molecule has 0 saturated heterocycles. The summed E-state index contributed by atoms with van der Waals surface area (Å²) in [5.41, 5.74) is 6.52. The van der Waals surface area contributed by atoms with Crippen LogP contribution in [0.2, 0.25) is 0 Å². The normalized spacial score (nSPS) is 10.9. The lowest BCUT2D eigenvalue weighted by Gasteiger charge is -2.04. The predicted octanol–water partition coefficient (Wildman–Crippen LogP) is 3.26. The van der Waals surface area contributed by atoms with Crippen molar-refractivity contribution in [2.75, 3.05) is 5.73 Å². The summed E-state index contributed by atoms with van der Waals surface area (Å²) in [6, 6.07) is 8.01. The van der Waals surface area contributed by atoms with E-state index >= 15 is 0 Å². The number of aromatic amines is 1. The summed E-state index contributed by atoms with van der Waals surface area (Å²) >= 11 is 0. The Morgan fingerprint density at radius 2 is 1.90 bits per heavy atom. The Labute approximate surface area is 113 Å². The second-order valence-electron chi connectivity index (χ2n) is 4.43. The molecule has 0 unspecified atom stereocenters. The van der Waals surface area contributed by atoms with Crippen LogP contribution in [0.3, 0.4) is 0 Å². The number of halogens is 2. The van der Waals surface area contributed by atoms with Gasteiger partial charge in [0, 0.05) is 28.4 Å². The number of nitrogens with two attached hydrogens (primary N) is 1. The molecule has 1 aromatic heterocycles. The molecule has 0 aliphatic rings. The summed E-state index contributed by atoms with van der Waals surface area (Å²) < 4.78 is 26.9. The van der Waals surface area contributed by atoms with Gasteiger partial charge in [0.05, 0.1) is 5.56 Å². The average molecular weight is 272 g/mol. The van der Waals surface area contributed by atoms with Gasteiger partial charge < -0.3 is 10.7 Å². The molecule has 1 heterocycles. The van der Waals surface area contributed by atoms with Crippen molar-refractivity contribution in [3.05, 3.63) is 65.4 Å². The summed E-state index contributed by atoms with van der Waals surface area (Å²) in [6.45, 7) is 0. The average Bonchev–Trinajstić information content (AvgIpc) is 2.83. The van der Waals surface area contributed by atoms with Gasteiger partial charge in [0.1, 0.15) is 11.6 Å². The molecule has 3 aromatic rings. The lowest BCUT2D eigenvalue weighted by molar-refractivity contribution is 0.104. The number of fused-ring (bicyclic) bond motifs is 1. The highest BCUT2D eigenvalue weighted by Gasteiger charge is 2.18. The summed E-state index contributed by atoms with van der Waals surface area (Å²) in [6.07, 6.45) is 1.43. The maximum Gasteiger partial charge on any atom is 0.197 e. The van der Waals surface area contributed by atoms with Gasteiger partial charge in [0.25, 0.3) is 0 Å². The van der Waals surface area contributed by atoms with E-state index in [9.17, 15) is 13.6 Å². The van der Waals surface area contributed by atoms with Crippen LogP contribution in [0.25, 0.3) is 10.9 Å². The molecule has 0 aliphatic carbocycles. The molecule has 0 bridgehead atoms. The summed E-state index contributed by atoms with van der Waals surface area (Å²) in [5, 5.41) is 0.209. The molecule has 20 heavy (non-hydrogen) atoms. The molecule has 0 fully saturated rings. The molecule has 0 saturated carbocycles. The van der Waals surface area contributed by atoms with E-state index in [4.69, 9.17) is 5.73 Å². The topological polar surface area (TPSA) is 58.9 Å². The number of anilines is 1. The van der Waals surface area contributed by atoms with E-state index in [1.807, 2.05) is 0 Å². The standard InChI is InChI=1S/C15H10F2N2O/c16-8-4-5-9(12(18)6-8)15(20)10-7-19-13-3-1-2-11(17)14(10)13/h1-7,19H,18H2. The number of nitrogens with one attached hydrogen (secondary N) is 1. The van der Waals surface area contributed by atoms with E-state index in [0.717, 1.165) is 12.1 Å². The van der Waals surface area contributed by atoms with Crippen molar-refractivity contribution in [1.29, 1.82) is 0 Å². The van der Waals surface area contributed by atoms with Crippen molar-refractivity contribution in [3.63, 3.8) is 0 Å². The van der Waals surface area contributed by atoms with Gasteiger partial charge in [-0.25, -0.2) is 8.78 Å². The van der Waals surface area contributed by atoms with E-state index in [2.05, 4.69) is 4.98 Å². The number of carbonyl (C=O) groups is 1. The molecule has 0 atom stereocenters. The first-order valence-corrected chi connectivity index (χ1v) is 5.93. The monoisotopic (exact) mass is 272 g/mol. The molecule has 5 heteroatoms. The van der Waals surface area contributed by atoms with Crippen LogP contribution in [-0.2, 0) is 0 Å². The van der Waals surface area contributed by atoms with Crippen molar-refractivity contribution in [2.24, 2.45) is 0 Å². The molecule has 0 amide bonds. The summed E-state index contributed by atoms with van der Waals surface area (Å²) in [7, 11) is 0. The second-order valence-corrected chi connectivity index (χ2v) is 4.43. The Balaban J connectivity index is 2.18. The van der Waals surface area contributed by atoms with Gasteiger partial charge in [-0.15, -0.1) is 0 Å². The third kappa shape index (κ3) is 1.84. The highest BCUT2D eigenvalue weighted by Crippen LogP contribution is 2.26. The number of nitrogen functional groups attached to an aromatic ring is 1. The Kier molecular flexibility index (Phi) is 2.75. The first kappa shape index (κ1) is 12.3. The van der Waals surface area contributed by atoms with E-state index in [0.29, 0.717) is 5.52 Å². The maximum atomic E-state index is 13.9. The zero-order chi connectivity index (χ0) is 14.3. The third-order valence-corrected chi connectivity index (χ3v) is 3.16. The van der Waals surface area contributed by atoms with E-state index in [-0.39, 0.29) is 22.2 Å². The molecule has 0 spiro atoms. The van der Waals surface area contributed by atoms with Crippen LogP contribution in [0.4, 0.5) is 14.5 Å². The molecular formula is C15H10F2N2O. The number of H-pyrrole nitrogens is 1. The van der Waals surface area contributed by atoms with Crippen LogP contribution in [-0.4, -0.2) is 10.8 Å². The third-order valence-electron chi connectivity index (χ3n) is 3.16. The summed E-state index contributed by atoms with van der Waals surface area (Å²) in [4.78, 5) is 15.3. The fraction of sp³-hybridized carbons (Fsp3) is 0. The molecule has 3 rings (SSSR count). The van der Waals surface area contributed by atoms with Crippen LogP contribution < -0.4 is 5.73 Å². The lowest BCUT2D eigenvalue weighted by Crippen LogP contribution is -2.05. The number of benzene rings is 2. The molecule has 2 aromatic carbocycles. The highest BCUT2D eigenvalue weighted by molar-refractivity contribution is 6.18. The fourth-order valence-electron chi connectivity index (χ4n) is 2.20. The van der Waals surface area contributed by atoms with Gasteiger partial charge in [-0.05, 0) is 30.3 Å². The first-order valence-electron chi connectivity index (χ1n) is 5.93. The van der Waals surface area contributed by atoms with Crippen molar-refractivity contribution in [1.82, 2.24) is 4.98 Å². The number of hydrogen-bond acceptors (Lipinski definition) is 2. The van der Waals surface area contributed by atoms with Crippen molar-refractivity contribution in [3.8, 4) is 0 Å². The van der Waals surface area contributed by atoms with Gasteiger partial charge >= 0.3 is 0 Å². The van der Waals surface area contributed by atoms with Crippen molar-refractivity contribution >= 4 is 22.4 Å². The number of rotatable bonds is 2. The molecule has 0 aliphatic heterocycles. The molecule has 100 valence electrons. The quantitative estimate of drug-likeness (QED) is 0.555. The number of aromatic nitrogens is 1. The van der Waals surface area contributed by atoms with Gasteiger partial charge in [0.2, 0.25) is 0 Å². The minimum Gasteiger partial charge on any atom is -0.398 e. The Bertz CT molecular complexity index is 824. The van der Waals surface area contributed by atoms with Gasteiger partial charge in [-0.2, -0.15) is 0 Å². The molecular weight excluding hydrogens is 262 g/mol. The van der Waals surface area contributed by atoms with Gasteiger partial charge in [-0.3, -0.25) is 4.79 Å². The molecule has 3 nitrogen and oxygen atoms in total. The van der Waals surface area contributed by atoms with Crippen LogP contribution in [0.1, 0.15) is 15.9 Å². The largest absolute Gasteiger partial charge is 0.398 e. The van der Waals surface area contributed by atoms with Crippen LogP contribution in [0.5, 0.6) is 0 Å². The number of carbonyl (C=O) groups excluding carboxylic acids is 1. The molecule has 0 radical (unpaired) electrons. The second kappa shape index (κ2) is 4.45. The van der Waals surface area contributed by atoms with Crippen LogP contribution >= 0.6 is 0 Å². The van der Waals surface area contributed by atoms with E-state index in [1.165, 1.54) is 18.3 Å². The van der Waals surface area contributed by atoms with Crippen LogP contribution in [0.15, 0.2) is 42.6 Å². The number of ketones is 1. The minimum atomic E-state index is -0.524. The zero-order valence-electron chi connectivity index (χ0n) is 10.3. The molecule has 3 N–H and O–H groups in total. The Morgan fingerprint density at radius 1 is 1.10 bits per heavy atom. The van der Waals surface area contributed by atoms with Crippen molar-refractivity contribution < 1.29 is 13.6 Å². The van der Waals surface area contributed by atoms with E-state index < -0.39 is 17.4 Å². The lowest BCUT2D eigenvalue weighted by atomic mass is 10.0. The highest BCUT2D eigenvalue weighted by atomic mass is 19.1. The Morgan fingerprint density at radius 3 is 2.65 bits per heavy atom. The SMILES string of the molecule is Nc1cc(F)ccc1C(=O)c1c[nH]c2cccc(F)c12. The predicted molar refractivity (Wildman–Crippen MR) is 72.5 cm³/mol. The zero-order valence-corrected chi connectivity index (χ0v) is 10.3. The first-order chi connectivity index (χ1) is 9.58. The minimum absolute atomic E-state index is 0.0284. The summed E-state index contributed by atoms with van der Waals surface area (Å²) in [5.74, 6) is -1.46.